The van der Waals surface area contributed by atoms with Gasteiger partial charge in [-0.3, -0.25) is 0 Å². The summed E-state index contributed by atoms with van der Waals surface area (Å²) in [4.78, 5) is 4.81. The lowest BCUT2D eigenvalue weighted by atomic mass is 10.2. The van der Waals surface area contributed by atoms with E-state index in [4.69, 9.17) is 19.0 Å². The summed E-state index contributed by atoms with van der Waals surface area (Å²) in [7, 11) is -3.34. The number of benzene rings is 1. The number of aliphatic imine (C=N–C) groups is 1. The van der Waals surface area contributed by atoms with E-state index in [1.165, 1.54) is 0 Å². The zero-order valence-corrected chi connectivity index (χ0v) is 17.2. The minimum absolute atomic E-state index is 0.404. The minimum Gasteiger partial charge on any atom is -0.401 e. The first-order chi connectivity index (χ1) is 14.2. The van der Waals surface area contributed by atoms with Gasteiger partial charge >= 0.3 is 7.67 Å². The minimum atomic E-state index is -3.34. The van der Waals surface area contributed by atoms with E-state index in [-0.39, 0.29) is 0 Å². The Hall–Kier alpha value is -1.96. The zero-order valence-electron chi connectivity index (χ0n) is 16.3. The fourth-order valence-electron chi connectivity index (χ4n) is 3.94. The van der Waals surface area contributed by atoms with Crippen LogP contribution in [0.3, 0.4) is 0 Å². The Labute approximate surface area is 170 Å². The van der Waals surface area contributed by atoms with Crippen LogP contribution in [0.1, 0.15) is 11.3 Å². The van der Waals surface area contributed by atoms with E-state index < -0.39 is 7.67 Å². The van der Waals surface area contributed by atoms with Crippen molar-refractivity contribution in [1.29, 1.82) is 0 Å². The molecule has 0 aliphatic carbocycles. The number of para-hydroxylation sites is 1. The zero-order chi connectivity index (χ0) is 19.7. The molecule has 9 heteroatoms. The number of nitrogens with zero attached hydrogens (tertiary/aromatic N) is 4. The van der Waals surface area contributed by atoms with E-state index in [1.54, 1.807) is 0 Å². The van der Waals surface area contributed by atoms with Gasteiger partial charge in [-0.1, -0.05) is 18.2 Å². The molecule has 2 saturated heterocycles. The van der Waals surface area contributed by atoms with Gasteiger partial charge in [-0.25, -0.2) is 18.9 Å². The van der Waals surface area contributed by atoms with Gasteiger partial charge in [-0.15, -0.1) is 0 Å². The van der Waals surface area contributed by atoms with Gasteiger partial charge in [-0.05, 0) is 23.8 Å². The van der Waals surface area contributed by atoms with E-state index in [2.05, 4.69) is 10.6 Å². The summed E-state index contributed by atoms with van der Waals surface area (Å²) in [5.74, 6) is 0.404. The fourth-order valence-corrected chi connectivity index (χ4v) is 6.22. The number of hydrogen-bond acceptors (Lipinski definition) is 5. The van der Waals surface area contributed by atoms with Gasteiger partial charge in [-0.2, -0.15) is 0 Å². The molecule has 2 aromatic rings. The molecule has 3 aliphatic rings. The Kier molecular flexibility index (Phi) is 5.28. The Morgan fingerprint density at radius 1 is 0.897 bits per heavy atom. The molecule has 2 fully saturated rings. The Morgan fingerprint density at radius 3 is 2.24 bits per heavy atom. The summed E-state index contributed by atoms with van der Waals surface area (Å²) in [5, 5.41) is 0. The molecule has 5 rings (SSSR count). The van der Waals surface area contributed by atoms with Crippen molar-refractivity contribution in [3.8, 4) is 0 Å². The van der Waals surface area contributed by atoms with Crippen LogP contribution in [0.15, 0.2) is 47.6 Å². The number of rotatable bonds is 3. The molecule has 29 heavy (non-hydrogen) atoms. The highest BCUT2D eigenvalue weighted by atomic mass is 31.2. The number of morpholine rings is 2. The molecule has 0 radical (unpaired) electrons. The molecule has 0 spiro atoms. The smallest absolute Gasteiger partial charge is 0.397 e. The molecule has 0 amide bonds. The SMILES string of the molecule is O=P(OC1=Nc2ccccc2Cn2cccc21)(N1CCOCC1)N1CCOCC1. The quantitative estimate of drug-likeness (QED) is 0.717. The fraction of sp³-hybridized carbons (Fsp3) is 0.450. The maximum Gasteiger partial charge on any atom is 0.397 e. The average Bonchev–Trinajstić information content (AvgIpc) is 3.18. The summed E-state index contributed by atoms with van der Waals surface area (Å²) in [5.41, 5.74) is 2.79. The highest BCUT2D eigenvalue weighted by Crippen LogP contribution is 2.55. The lowest BCUT2D eigenvalue weighted by Crippen LogP contribution is -2.44. The van der Waals surface area contributed by atoms with Gasteiger partial charge in [0.25, 0.3) is 0 Å². The topological polar surface area (TPSA) is 68.5 Å². The predicted molar refractivity (Wildman–Crippen MR) is 110 cm³/mol. The number of aromatic nitrogens is 1. The lowest BCUT2D eigenvalue weighted by Gasteiger charge is -2.40. The summed E-state index contributed by atoms with van der Waals surface area (Å²) < 4.78 is 37.7. The molecule has 3 aliphatic heterocycles. The van der Waals surface area contributed by atoms with Crippen molar-refractivity contribution in [1.82, 2.24) is 13.9 Å². The first-order valence-electron chi connectivity index (χ1n) is 10.0. The second-order valence-corrected chi connectivity index (χ2v) is 9.58. The molecule has 8 nitrogen and oxygen atoms in total. The molecule has 1 aromatic carbocycles. The van der Waals surface area contributed by atoms with Crippen LogP contribution in [0.2, 0.25) is 0 Å². The monoisotopic (exact) mass is 416 g/mol. The molecule has 4 heterocycles. The van der Waals surface area contributed by atoms with Crippen LogP contribution < -0.4 is 0 Å². The van der Waals surface area contributed by atoms with Crippen LogP contribution in [-0.4, -0.2) is 72.4 Å². The summed E-state index contributed by atoms with van der Waals surface area (Å²) >= 11 is 0. The number of fused-ring (bicyclic) bond motifs is 2. The van der Waals surface area contributed by atoms with Crippen molar-refractivity contribution in [3.05, 3.63) is 53.9 Å². The van der Waals surface area contributed by atoms with E-state index in [0.717, 1.165) is 16.9 Å². The number of hydrogen-bond donors (Lipinski definition) is 0. The number of ether oxygens (including phenoxy) is 2. The van der Waals surface area contributed by atoms with Crippen molar-refractivity contribution in [2.45, 2.75) is 6.54 Å². The molecule has 0 unspecified atom stereocenters. The van der Waals surface area contributed by atoms with Gasteiger partial charge < -0.3 is 18.6 Å². The van der Waals surface area contributed by atoms with Crippen molar-refractivity contribution in [3.63, 3.8) is 0 Å². The van der Waals surface area contributed by atoms with Crippen molar-refractivity contribution >= 4 is 19.3 Å². The second kappa shape index (κ2) is 8.05. The normalized spacial score (nSPS) is 21.0. The van der Waals surface area contributed by atoms with Crippen LogP contribution in [-0.2, 0) is 25.1 Å². The Morgan fingerprint density at radius 2 is 1.55 bits per heavy atom. The van der Waals surface area contributed by atoms with Gasteiger partial charge in [0.05, 0.1) is 32.1 Å². The molecule has 154 valence electrons. The average molecular weight is 416 g/mol. The lowest BCUT2D eigenvalue weighted by molar-refractivity contribution is 0.0441. The summed E-state index contributed by atoms with van der Waals surface area (Å²) in [6, 6.07) is 11.9. The van der Waals surface area contributed by atoms with Crippen LogP contribution >= 0.6 is 7.67 Å². The van der Waals surface area contributed by atoms with Gasteiger partial charge in [0, 0.05) is 38.9 Å². The molecule has 0 atom stereocenters. The predicted octanol–water partition coefficient (Wildman–Crippen LogP) is 2.72. The van der Waals surface area contributed by atoms with Gasteiger partial charge in [0.1, 0.15) is 5.69 Å². The maximum absolute atomic E-state index is 14.4. The largest absolute Gasteiger partial charge is 0.401 e. The Balaban J connectivity index is 1.55. The molecule has 0 N–H and O–H groups in total. The van der Waals surface area contributed by atoms with Gasteiger partial charge in [0.15, 0.2) is 0 Å². The van der Waals surface area contributed by atoms with E-state index in [9.17, 15) is 4.57 Å². The third-order valence-electron chi connectivity index (χ3n) is 5.50. The van der Waals surface area contributed by atoms with E-state index in [0.29, 0.717) is 65.0 Å². The Bertz CT molecular complexity index is 925. The second-order valence-electron chi connectivity index (χ2n) is 7.28. The van der Waals surface area contributed by atoms with Crippen LogP contribution in [0.4, 0.5) is 5.69 Å². The maximum atomic E-state index is 14.4. The summed E-state index contributed by atoms with van der Waals surface area (Å²) in [6.07, 6.45) is 2.00. The third kappa shape index (κ3) is 3.67. The van der Waals surface area contributed by atoms with Crippen molar-refractivity contribution in [2.24, 2.45) is 4.99 Å². The molecular formula is C20H25N4O4P. The molecule has 1 aromatic heterocycles. The highest BCUT2D eigenvalue weighted by Gasteiger charge is 2.43. The van der Waals surface area contributed by atoms with Crippen LogP contribution in [0.5, 0.6) is 0 Å². The molecular weight excluding hydrogens is 391 g/mol. The standard InChI is InChI=1S/C20H25N4O4P/c25-29(23-8-12-26-13-9-23,24-10-14-27-15-11-24)28-20-19-6-3-7-22(19)16-17-4-1-2-5-18(17)21-20/h1-7H,8-16H2. The summed E-state index contributed by atoms with van der Waals surface area (Å²) in [6.45, 7) is 5.16. The molecule has 0 saturated carbocycles. The van der Waals surface area contributed by atoms with E-state index >= 15 is 0 Å². The highest BCUT2D eigenvalue weighted by molar-refractivity contribution is 7.54. The first-order valence-corrected chi connectivity index (χ1v) is 11.6. The van der Waals surface area contributed by atoms with Crippen molar-refractivity contribution < 1.29 is 18.6 Å². The van der Waals surface area contributed by atoms with Crippen molar-refractivity contribution in [2.75, 3.05) is 52.6 Å². The van der Waals surface area contributed by atoms with Crippen LogP contribution in [0.25, 0.3) is 0 Å². The van der Waals surface area contributed by atoms with E-state index in [1.807, 2.05) is 45.9 Å². The molecule has 0 bridgehead atoms. The first kappa shape index (κ1) is 19.0. The van der Waals surface area contributed by atoms with Gasteiger partial charge in [0.2, 0.25) is 5.90 Å². The third-order valence-corrected chi connectivity index (χ3v) is 8.14. The van der Waals surface area contributed by atoms with Crippen LogP contribution in [0, 0.1) is 0 Å².